The standard InChI is InChI=1S/C20H23NO3S/c1-15-8-10-19(11-9-15)25(22,23)21-16(2)12-17-13-20(24-14-17)18-6-4-3-5-7-18/h3-12,16,20-21H,13-14H2,1-2H3/b17-12-. The molecule has 1 heterocycles. The predicted molar refractivity (Wildman–Crippen MR) is 98.8 cm³/mol. The highest BCUT2D eigenvalue weighted by Crippen LogP contribution is 2.32. The molecule has 0 amide bonds. The highest BCUT2D eigenvalue weighted by Gasteiger charge is 2.23. The quantitative estimate of drug-likeness (QED) is 0.829. The van der Waals surface area contributed by atoms with Gasteiger partial charge in [0.25, 0.3) is 0 Å². The minimum atomic E-state index is -3.52. The second-order valence-electron chi connectivity index (χ2n) is 6.46. The van der Waals surface area contributed by atoms with Crippen LogP contribution in [0.4, 0.5) is 0 Å². The van der Waals surface area contributed by atoms with Crippen LogP contribution in [0, 0.1) is 6.92 Å². The van der Waals surface area contributed by atoms with E-state index in [1.165, 1.54) is 0 Å². The van der Waals surface area contributed by atoms with Crippen LogP contribution in [0.1, 0.15) is 30.6 Å². The molecule has 3 rings (SSSR count). The van der Waals surface area contributed by atoms with Crippen LogP contribution in [-0.4, -0.2) is 21.1 Å². The second kappa shape index (κ2) is 7.52. The van der Waals surface area contributed by atoms with Crippen molar-refractivity contribution in [2.24, 2.45) is 0 Å². The molecule has 132 valence electrons. The minimum Gasteiger partial charge on any atom is -0.369 e. The maximum Gasteiger partial charge on any atom is 0.241 e. The summed E-state index contributed by atoms with van der Waals surface area (Å²) in [7, 11) is -3.52. The molecule has 0 aliphatic carbocycles. The smallest absolute Gasteiger partial charge is 0.241 e. The zero-order valence-electron chi connectivity index (χ0n) is 14.5. The number of nitrogens with one attached hydrogen (secondary N) is 1. The number of ether oxygens (including phenoxy) is 1. The summed E-state index contributed by atoms with van der Waals surface area (Å²) in [6, 6.07) is 16.6. The molecule has 0 saturated carbocycles. The number of hydrogen-bond acceptors (Lipinski definition) is 3. The van der Waals surface area contributed by atoms with E-state index >= 15 is 0 Å². The van der Waals surface area contributed by atoms with Gasteiger partial charge in [0, 0.05) is 12.5 Å². The van der Waals surface area contributed by atoms with Gasteiger partial charge >= 0.3 is 0 Å². The largest absolute Gasteiger partial charge is 0.369 e. The van der Waals surface area contributed by atoms with Gasteiger partial charge in [-0.3, -0.25) is 0 Å². The Balaban J connectivity index is 1.65. The summed E-state index contributed by atoms with van der Waals surface area (Å²) in [4.78, 5) is 0.285. The van der Waals surface area contributed by atoms with E-state index in [0.29, 0.717) is 6.61 Å². The Hall–Kier alpha value is -1.95. The van der Waals surface area contributed by atoms with Gasteiger partial charge in [0.1, 0.15) is 0 Å². The van der Waals surface area contributed by atoms with Crippen molar-refractivity contribution >= 4 is 10.0 Å². The normalized spacial score (nSPS) is 20.7. The number of sulfonamides is 1. The first-order valence-electron chi connectivity index (χ1n) is 8.39. The van der Waals surface area contributed by atoms with Crippen molar-refractivity contribution in [1.29, 1.82) is 0 Å². The first-order valence-corrected chi connectivity index (χ1v) is 9.87. The van der Waals surface area contributed by atoms with Gasteiger partial charge in [-0.1, -0.05) is 54.1 Å². The molecule has 0 spiro atoms. The molecule has 2 aromatic carbocycles. The van der Waals surface area contributed by atoms with E-state index in [1.54, 1.807) is 24.3 Å². The summed E-state index contributed by atoms with van der Waals surface area (Å²) >= 11 is 0. The Morgan fingerprint density at radius 3 is 2.48 bits per heavy atom. The van der Waals surface area contributed by atoms with Crippen LogP contribution in [-0.2, 0) is 14.8 Å². The van der Waals surface area contributed by atoms with Crippen LogP contribution in [0.25, 0.3) is 0 Å². The van der Waals surface area contributed by atoms with Crippen molar-refractivity contribution < 1.29 is 13.2 Å². The molecule has 2 unspecified atom stereocenters. The molecule has 0 radical (unpaired) electrons. The van der Waals surface area contributed by atoms with Gasteiger partial charge in [-0.15, -0.1) is 0 Å². The third-order valence-electron chi connectivity index (χ3n) is 4.25. The monoisotopic (exact) mass is 357 g/mol. The number of hydrogen-bond donors (Lipinski definition) is 1. The van der Waals surface area contributed by atoms with Crippen LogP contribution in [0.3, 0.4) is 0 Å². The number of benzene rings is 2. The molecule has 1 saturated heterocycles. The van der Waals surface area contributed by atoms with E-state index in [2.05, 4.69) is 16.9 Å². The fourth-order valence-corrected chi connectivity index (χ4v) is 4.17. The number of aryl methyl sites for hydroxylation is 1. The summed E-state index contributed by atoms with van der Waals surface area (Å²) in [5, 5.41) is 0. The van der Waals surface area contributed by atoms with E-state index in [-0.39, 0.29) is 17.0 Å². The molecule has 5 heteroatoms. The molecular formula is C20H23NO3S. The van der Waals surface area contributed by atoms with E-state index < -0.39 is 10.0 Å². The van der Waals surface area contributed by atoms with Gasteiger partial charge in [0.15, 0.2) is 0 Å². The molecule has 2 aromatic rings. The molecule has 1 N–H and O–H groups in total. The molecule has 2 atom stereocenters. The maximum atomic E-state index is 12.4. The highest BCUT2D eigenvalue weighted by molar-refractivity contribution is 7.89. The fourth-order valence-electron chi connectivity index (χ4n) is 2.98. The average molecular weight is 357 g/mol. The van der Waals surface area contributed by atoms with E-state index in [9.17, 15) is 8.42 Å². The molecule has 25 heavy (non-hydrogen) atoms. The zero-order valence-corrected chi connectivity index (χ0v) is 15.3. The van der Waals surface area contributed by atoms with Crippen LogP contribution in [0.2, 0.25) is 0 Å². The van der Waals surface area contributed by atoms with Gasteiger partial charge in [0.05, 0.1) is 17.6 Å². The van der Waals surface area contributed by atoms with Crippen molar-refractivity contribution in [2.75, 3.05) is 6.61 Å². The minimum absolute atomic E-state index is 0.0494. The highest BCUT2D eigenvalue weighted by atomic mass is 32.2. The summed E-state index contributed by atoms with van der Waals surface area (Å²) < 4.78 is 33.4. The molecule has 1 fully saturated rings. The van der Waals surface area contributed by atoms with E-state index in [0.717, 1.165) is 23.1 Å². The summed E-state index contributed by atoms with van der Waals surface area (Å²) in [6.07, 6.45) is 2.79. The lowest BCUT2D eigenvalue weighted by Gasteiger charge is -2.12. The molecule has 1 aliphatic heterocycles. The Bertz CT molecular complexity index is 842. The number of rotatable bonds is 5. The Kier molecular flexibility index (Phi) is 5.37. The van der Waals surface area contributed by atoms with Gasteiger partial charge in [-0.25, -0.2) is 13.1 Å². The van der Waals surface area contributed by atoms with Gasteiger partial charge < -0.3 is 4.74 Å². The van der Waals surface area contributed by atoms with Crippen LogP contribution in [0.15, 0.2) is 71.1 Å². The molecule has 4 nitrogen and oxygen atoms in total. The Labute approximate surface area is 149 Å². The zero-order chi connectivity index (χ0) is 17.9. The van der Waals surface area contributed by atoms with Gasteiger partial charge in [-0.2, -0.15) is 0 Å². The van der Waals surface area contributed by atoms with E-state index in [1.807, 2.05) is 38.1 Å². The van der Waals surface area contributed by atoms with Gasteiger partial charge in [0.2, 0.25) is 10.0 Å². The topological polar surface area (TPSA) is 55.4 Å². The SMILES string of the molecule is Cc1ccc(S(=O)(=O)NC(C)/C=C2\COC(c3ccccc3)C2)cc1. The Morgan fingerprint density at radius 2 is 1.80 bits per heavy atom. The van der Waals surface area contributed by atoms with Crippen molar-refractivity contribution in [3.8, 4) is 0 Å². The summed E-state index contributed by atoms with van der Waals surface area (Å²) in [6.45, 7) is 4.31. The van der Waals surface area contributed by atoms with Crippen LogP contribution >= 0.6 is 0 Å². The lowest BCUT2D eigenvalue weighted by atomic mass is 10.0. The van der Waals surface area contributed by atoms with Gasteiger partial charge in [-0.05, 0) is 37.1 Å². The molecule has 0 aromatic heterocycles. The second-order valence-corrected chi connectivity index (χ2v) is 8.18. The molecular weight excluding hydrogens is 334 g/mol. The molecule has 0 bridgehead atoms. The first-order chi connectivity index (χ1) is 11.9. The third-order valence-corrected chi connectivity index (χ3v) is 5.82. The summed E-state index contributed by atoms with van der Waals surface area (Å²) in [5.41, 5.74) is 3.30. The average Bonchev–Trinajstić information content (AvgIpc) is 3.04. The van der Waals surface area contributed by atoms with Crippen molar-refractivity contribution in [2.45, 2.75) is 37.3 Å². The fraction of sp³-hybridized carbons (Fsp3) is 0.300. The molecule has 1 aliphatic rings. The van der Waals surface area contributed by atoms with Crippen LogP contribution < -0.4 is 4.72 Å². The van der Waals surface area contributed by atoms with Crippen molar-refractivity contribution in [1.82, 2.24) is 4.72 Å². The lowest BCUT2D eigenvalue weighted by molar-refractivity contribution is 0.114. The Morgan fingerprint density at radius 1 is 1.12 bits per heavy atom. The third kappa shape index (κ3) is 4.57. The summed E-state index contributed by atoms with van der Waals surface area (Å²) in [5.74, 6) is 0. The first kappa shape index (κ1) is 17.9. The van der Waals surface area contributed by atoms with Crippen LogP contribution in [0.5, 0.6) is 0 Å². The van der Waals surface area contributed by atoms with E-state index in [4.69, 9.17) is 4.74 Å². The van der Waals surface area contributed by atoms with Crippen molar-refractivity contribution in [3.05, 3.63) is 77.4 Å². The lowest BCUT2D eigenvalue weighted by Crippen LogP contribution is -2.31. The van der Waals surface area contributed by atoms with Crippen molar-refractivity contribution in [3.63, 3.8) is 0 Å². The maximum absolute atomic E-state index is 12.4. The predicted octanol–water partition coefficient (Wildman–Crippen LogP) is 3.75.